The quantitative estimate of drug-likeness (QED) is 0.684. The maximum atomic E-state index is 13.6. The Balaban J connectivity index is 2.23. The van der Waals surface area contributed by atoms with E-state index in [4.69, 9.17) is 0 Å². The van der Waals surface area contributed by atoms with Gasteiger partial charge in [-0.25, -0.2) is 4.39 Å². The van der Waals surface area contributed by atoms with Crippen molar-refractivity contribution in [1.29, 1.82) is 0 Å². The molecule has 0 saturated carbocycles. The van der Waals surface area contributed by atoms with Crippen LogP contribution in [-0.4, -0.2) is 16.1 Å². The third-order valence-corrected chi connectivity index (χ3v) is 4.55. The van der Waals surface area contributed by atoms with Crippen LogP contribution in [0.1, 0.15) is 37.3 Å². The summed E-state index contributed by atoms with van der Waals surface area (Å²) in [7, 11) is 0. The molecule has 2 N–H and O–H groups in total. The second kappa shape index (κ2) is 6.48. The summed E-state index contributed by atoms with van der Waals surface area (Å²) in [4.78, 5) is 14.6. The van der Waals surface area contributed by atoms with Gasteiger partial charge in [0.1, 0.15) is 5.82 Å². The van der Waals surface area contributed by atoms with Crippen LogP contribution in [0.4, 0.5) is 4.39 Å². The van der Waals surface area contributed by atoms with Gasteiger partial charge in [-0.3, -0.25) is 4.79 Å². The molecular weight excluding hydrogens is 305 g/mol. The number of nitrogens with one attached hydrogen (secondary N) is 1. The number of benzene rings is 2. The molecule has 1 aromatic heterocycles. The maximum absolute atomic E-state index is 13.6. The summed E-state index contributed by atoms with van der Waals surface area (Å²) in [5, 5.41) is 10.2. The van der Waals surface area contributed by atoms with Crippen LogP contribution in [0.5, 0.6) is 0 Å². The number of aromatic amines is 1. The summed E-state index contributed by atoms with van der Waals surface area (Å²) >= 11 is 0. The molecular formula is C20H20FNO2. The Kier molecular flexibility index (Phi) is 4.38. The fourth-order valence-electron chi connectivity index (χ4n) is 3.03. The highest BCUT2D eigenvalue weighted by Gasteiger charge is 2.17. The molecule has 3 rings (SSSR count). The first kappa shape index (κ1) is 16.2. The fraction of sp³-hybridized carbons (Fsp3) is 0.250. The molecule has 2 aromatic carbocycles. The van der Waals surface area contributed by atoms with Gasteiger partial charge in [-0.15, -0.1) is 0 Å². The van der Waals surface area contributed by atoms with Crippen molar-refractivity contribution in [1.82, 2.24) is 4.98 Å². The molecule has 0 fully saturated rings. The predicted octanol–water partition coefficient (Wildman–Crippen LogP) is 5.11. The largest absolute Gasteiger partial charge is 0.481 e. The van der Waals surface area contributed by atoms with Crippen LogP contribution >= 0.6 is 0 Å². The Morgan fingerprint density at radius 1 is 1.25 bits per heavy atom. The number of H-pyrrole nitrogens is 1. The number of carboxylic acid groups (broad SMARTS) is 1. The molecule has 0 amide bonds. The van der Waals surface area contributed by atoms with E-state index in [0.29, 0.717) is 22.7 Å². The number of carbonyl (C=O) groups is 1. The van der Waals surface area contributed by atoms with Crippen LogP contribution in [0.15, 0.2) is 42.5 Å². The third kappa shape index (κ3) is 3.04. The molecule has 0 bridgehead atoms. The van der Waals surface area contributed by atoms with E-state index < -0.39 is 5.97 Å². The zero-order valence-electron chi connectivity index (χ0n) is 13.8. The normalized spacial score (nSPS) is 12.5. The first-order valence-electron chi connectivity index (χ1n) is 8.11. The van der Waals surface area contributed by atoms with Gasteiger partial charge >= 0.3 is 5.97 Å². The summed E-state index contributed by atoms with van der Waals surface area (Å²) in [6, 6.07) is 12.3. The van der Waals surface area contributed by atoms with Crippen molar-refractivity contribution in [2.75, 3.05) is 0 Å². The highest BCUT2D eigenvalue weighted by molar-refractivity contribution is 5.94. The smallest absolute Gasteiger partial charge is 0.307 e. The van der Waals surface area contributed by atoms with Crippen molar-refractivity contribution in [3.8, 4) is 11.3 Å². The summed E-state index contributed by atoms with van der Waals surface area (Å²) in [5.41, 5.74) is 4.09. The van der Waals surface area contributed by atoms with Gasteiger partial charge in [0.25, 0.3) is 0 Å². The molecule has 1 unspecified atom stereocenters. The average Bonchev–Trinajstić information content (AvgIpc) is 2.91. The number of rotatable bonds is 5. The van der Waals surface area contributed by atoms with Crippen molar-refractivity contribution in [2.45, 2.75) is 32.6 Å². The lowest BCUT2D eigenvalue weighted by atomic mass is 9.95. The summed E-state index contributed by atoms with van der Waals surface area (Å²) in [5.74, 6) is -0.838. The lowest BCUT2D eigenvalue weighted by Crippen LogP contribution is -2.01. The predicted molar refractivity (Wildman–Crippen MR) is 93.7 cm³/mol. The van der Waals surface area contributed by atoms with E-state index in [1.165, 1.54) is 17.7 Å². The number of aliphatic carboxylic acids is 1. The molecule has 0 aliphatic carbocycles. The molecule has 24 heavy (non-hydrogen) atoms. The molecule has 0 radical (unpaired) electrons. The molecule has 124 valence electrons. The van der Waals surface area contributed by atoms with E-state index in [1.54, 1.807) is 12.1 Å². The van der Waals surface area contributed by atoms with Crippen molar-refractivity contribution in [3.63, 3.8) is 0 Å². The zero-order chi connectivity index (χ0) is 17.3. The highest BCUT2D eigenvalue weighted by Crippen LogP contribution is 2.33. The van der Waals surface area contributed by atoms with E-state index in [2.05, 4.69) is 31.0 Å². The van der Waals surface area contributed by atoms with E-state index in [0.717, 1.165) is 17.3 Å². The number of fused-ring (bicyclic) bond motifs is 1. The molecule has 0 spiro atoms. The monoisotopic (exact) mass is 325 g/mol. The number of aromatic nitrogens is 1. The van der Waals surface area contributed by atoms with E-state index in [-0.39, 0.29) is 12.2 Å². The van der Waals surface area contributed by atoms with Gasteiger partial charge in [-0.05, 0) is 47.7 Å². The lowest BCUT2D eigenvalue weighted by molar-refractivity contribution is -0.136. The average molecular weight is 325 g/mol. The molecule has 0 aliphatic heterocycles. The first-order valence-corrected chi connectivity index (χ1v) is 8.11. The van der Waals surface area contributed by atoms with E-state index in [1.807, 2.05) is 6.07 Å². The van der Waals surface area contributed by atoms with Gasteiger partial charge < -0.3 is 10.1 Å². The zero-order valence-corrected chi connectivity index (χ0v) is 13.8. The minimum atomic E-state index is -0.900. The van der Waals surface area contributed by atoms with E-state index >= 15 is 0 Å². The summed E-state index contributed by atoms with van der Waals surface area (Å²) in [6.45, 7) is 4.28. The lowest BCUT2D eigenvalue weighted by Gasteiger charge is -2.09. The fourth-order valence-corrected chi connectivity index (χ4v) is 3.03. The van der Waals surface area contributed by atoms with Crippen LogP contribution in [0.3, 0.4) is 0 Å². The maximum Gasteiger partial charge on any atom is 0.307 e. The highest BCUT2D eigenvalue weighted by atomic mass is 19.1. The SMILES string of the molecule is CCC(C)c1ccc2[nH]c(-c3cccc(F)c3)c(CC(=O)O)c2c1. The van der Waals surface area contributed by atoms with Crippen LogP contribution in [0, 0.1) is 5.82 Å². The summed E-state index contributed by atoms with van der Waals surface area (Å²) < 4.78 is 13.6. The Morgan fingerprint density at radius 2 is 2.04 bits per heavy atom. The van der Waals surface area contributed by atoms with Crippen molar-refractivity contribution >= 4 is 16.9 Å². The molecule has 3 nitrogen and oxygen atoms in total. The Bertz CT molecular complexity index is 898. The van der Waals surface area contributed by atoms with Gasteiger partial charge in [0, 0.05) is 16.5 Å². The Morgan fingerprint density at radius 3 is 2.71 bits per heavy atom. The minimum Gasteiger partial charge on any atom is -0.481 e. The molecule has 0 aliphatic rings. The third-order valence-electron chi connectivity index (χ3n) is 4.55. The molecule has 0 saturated heterocycles. The van der Waals surface area contributed by atoms with E-state index in [9.17, 15) is 14.3 Å². The van der Waals surface area contributed by atoms with Crippen molar-refractivity contribution in [2.24, 2.45) is 0 Å². The van der Waals surface area contributed by atoms with Crippen LogP contribution in [0.2, 0.25) is 0 Å². The molecule has 1 atom stereocenters. The number of hydrogen-bond donors (Lipinski definition) is 2. The van der Waals surface area contributed by atoms with Crippen LogP contribution < -0.4 is 0 Å². The van der Waals surface area contributed by atoms with Crippen molar-refractivity contribution in [3.05, 3.63) is 59.4 Å². The molecule has 1 heterocycles. The van der Waals surface area contributed by atoms with Gasteiger partial charge in [0.05, 0.1) is 12.1 Å². The first-order chi connectivity index (χ1) is 11.5. The second-order valence-corrected chi connectivity index (χ2v) is 6.17. The van der Waals surface area contributed by atoms with Crippen molar-refractivity contribution < 1.29 is 14.3 Å². The van der Waals surface area contributed by atoms with Gasteiger partial charge in [0.15, 0.2) is 0 Å². The Hall–Kier alpha value is -2.62. The topological polar surface area (TPSA) is 53.1 Å². The number of halogens is 1. The molecule has 4 heteroatoms. The minimum absolute atomic E-state index is 0.101. The van der Waals surface area contributed by atoms with Crippen LogP contribution in [-0.2, 0) is 11.2 Å². The molecule has 3 aromatic rings. The number of carboxylic acids is 1. The van der Waals surface area contributed by atoms with Gasteiger partial charge in [-0.1, -0.05) is 32.0 Å². The van der Waals surface area contributed by atoms with Gasteiger partial charge in [-0.2, -0.15) is 0 Å². The van der Waals surface area contributed by atoms with Gasteiger partial charge in [0.2, 0.25) is 0 Å². The standard InChI is InChI=1S/C20H20FNO2/c1-3-12(2)13-7-8-18-16(10-13)17(11-19(23)24)20(22-18)14-5-4-6-15(21)9-14/h4-10,12,22H,3,11H2,1-2H3,(H,23,24). The summed E-state index contributed by atoms with van der Waals surface area (Å²) in [6.07, 6.45) is 0.913. The second-order valence-electron chi connectivity index (χ2n) is 6.17. The Labute approximate surface area is 140 Å². The number of hydrogen-bond acceptors (Lipinski definition) is 1. The van der Waals surface area contributed by atoms with Crippen LogP contribution in [0.25, 0.3) is 22.2 Å².